The Bertz CT molecular complexity index is 574. The zero-order chi connectivity index (χ0) is 17.6. The van der Waals surface area contributed by atoms with Crippen molar-refractivity contribution in [2.45, 2.75) is 77.6 Å². The van der Waals surface area contributed by atoms with Crippen molar-refractivity contribution in [3.63, 3.8) is 0 Å². The van der Waals surface area contributed by atoms with Crippen molar-refractivity contribution in [1.82, 2.24) is 0 Å². The van der Waals surface area contributed by atoms with Gasteiger partial charge in [-0.3, -0.25) is 0 Å². The summed E-state index contributed by atoms with van der Waals surface area (Å²) >= 11 is 0. The zero-order valence-electron chi connectivity index (χ0n) is 17.9. The van der Waals surface area contributed by atoms with Gasteiger partial charge in [-0.15, -0.1) is 0 Å². The molecule has 2 rings (SSSR count). The largest absolute Gasteiger partial charge is 1.00 e. The molecule has 0 spiro atoms. The Labute approximate surface area is 184 Å². The Balaban J connectivity index is 0.00000338. The average molecular weight is 363 g/mol. The molecule has 138 valence electrons. The van der Waals surface area contributed by atoms with Gasteiger partial charge in [-0.25, -0.2) is 0 Å². The summed E-state index contributed by atoms with van der Waals surface area (Å²) in [5.74, 6) is 1.92. The Morgan fingerprint density at radius 3 is 1.85 bits per heavy atom. The molecule has 0 amide bonds. The van der Waals surface area contributed by atoms with Gasteiger partial charge in [-0.05, 0) is 36.6 Å². The molecule has 0 radical (unpaired) electrons. The molecule has 0 aliphatic rings. The molecule has 0 bridgehead atoms. The third-order valence-electron chi connectivity index (χ3n) is 4.74. The molecule has 2 aromatic carbocycles. The minimum absolute atomic E-state index is 0. The van der Waals surface area contributed by atoms with E-state index in [4.69, 9.17) is 4.74 Å². The first-order valence-electron chi connectivity index (χ1n) is 10.2. The first-order chi connectivity index (χ1) is 12.4. The first kappa shape index (κ1) is 23.3. The predicted octanol–water partition coefficient (Wildman–Crippen LogP) is 5.06. The summed E-state index contributed by atoms with van der Waals surface area (Å²) in [5.41, 5.74) is 1.32. The van der Waals surface area contributed by atoms with Crippen molar-refractivity contribution in [1.29, 1.82) is 0 Å². The second kappa shape index (κ2) is 15.3. The van der Waals surface area contributed by atoms with Gasteiger partial charge in [-0.1, -0.05) is 101 Å². The zero-order valence-corrected chi connectivity index (χ0v) is 18.9. The van der Waals surface area contributed by atoms with Crippen LogP contribution in [0.3, 0.4) is 0 Å². The second-order valence-electron chi connectivity index (χ2n) is 6.95. The Morgan fingerprint density at radius 1 is 0.654 bits per heavy atom. The van der Waals surface area contributed by atoms with Crippen molar-refractivity contribution in [2.24, 2.45) is 0 Å². The smallest absolute Gasteiger partial charge is 1.00 e. The maximum Gasteiger partial charge on any atom is 1.00 e. The number of benzene rings is 2. The molecule has 0 aliphatic carbocycles. The van der Waals surface area contributed by atoms with Crippen LogP contribution in [0.2, 0.25) is 0 Å². The normalized spacial score (nSPS) is 10.3. The van der Waals surface area contributed by atoms with E-state index in [1.807, 2.05) is 30.3 Å². The van der Waals surface area contributed by atoms with Gasteiger partial charge in [0.25, 0.3) is 0 Å². The van der Waals surface area contributed by atoms with Crippen molar-refractivity contribution in [3.05, 3.63) is 60.2 Å². The van der Waals surface area contributed by atoms with Crippen molar-refractivity contribution in [2.75, 3.05) is 0 Å². The minimum Gasteiger partial charge on any atom is -1.00 e. The number of hydrogen-bond donors (Lipinski definition) is 0. The van der Waals surface area contributed by atoms with Gasteiger partial charge in [0.05, 0.1) is 0 Å². The average Bonchev–Trinajstić information content (AvgIpc) is 2.65. The number of ether oxygens (including phenoxy) is 1. The second-order valence-corrected chi connectivity index (χ2v) is 6.95. The fourth-order valence-electron chi connectivity index (χ4n) is 3.23. The number of hydrogen-bond acceptors (Lipinski definition) is 1. The van der Waals surface area contributed by atoms with E-state index in [1.165, 1.54) is 69.8 Å². The topological polar surface area (TPSA) is 9.23 Å². The maximum atomic E-state index is 6.05. The van der Waals surface area contributed by atoms with Crippen molar-refractivity contribution >= 4 is 0 Å². The molecular weight excluding hydrogens is 327 g/mol. The fourth-order valence-corrected chi connectivity index (χ4v) is 3.23. The van der Waals surface area contributed by atoms with E-state index in [0.717, 1.165) is 17.9 Å². The van der Waals surface area contributed by atoms with Crippen LogP contribution in [0.5, 0.6) is 11.5 Å². The number of rotatable bonds is 13. The van der Waals surface area contributed by atoms with Crippen LogP contribution >= 0.6 is 0 Å². The third-order valence-corrected chi connectivity index (χ3v) is 4.74. The Morgan fingerprint density at radius 2 is 1.19 bits per heavy atom. The molecule has 0 N–H and O–H groups in total. The fraction of sp³-hybridized carbons (Fsp3) is 0.500. The van der Waals surface area contributed by atoms with E-state index in [-0.39, 0.29) is 31.0 Å². The van der Waals surface area contributed by atoms with Crippen molar-refractivity contribution < 1.29 is 35.7 Å². The van der Waals surface area contributed by atoms with Crippen LogP contribution in [0.4, 0.5) is 0 Å². The molecule has 0 heterocycles. The van der Waals surface area contributed by atoms with Crippen LogP contribution < -0.4 is 34.3 Å². The Kier molecular flexibility index (Phi) is 13.7. The van der Waals surface area contributed by atoms with Gasteiger partial charge in [0.2, 0.25) is 0 Å². The van der Waals surface area contributed by atoms with E-state index in [9.17, 15) is 0 Å². The molecule has 1 nitrogen and oxygen atoms in total. The summed E-state index contributed by atoms with van der Waals surface area (Å²) < 4.78 is 6.05. The summed E-state index contributed by atoms with van der Waals surface area (Å²) in [6.07, 6.45) is 14.9. The van der Waals surface area contributed by atoms with Gasteiger partial charge in [0.1, 0.15) is 11.5 Å². The van der Waals surface area contributed by atoms with Gasteiger partial charge >= 0.3 is 29.6 Å². The summed E-state index contributed by atoms with van der Waals surface area (Å²) in [6.45, 7) is 2.28. The predicted molar refractivity (Wildman–Crippen MR) is 110 cm³/mol. The standard InChI is InChI=1S/C24H34O.Na.H/c1-2-3-4-5-6-7-8-9-10-12-17-22-18-15-16-21-24(22)25-23-19-13-11-14-20-23;;/h11,13-16,18-21H,2-10,12,17H2,1H3;;/q;+1;-1. The van der Waals surface area contributed by atoms with E-state index < -0.39 is 0 Å². The molecule has 0 saturated heterocycles. The van der Waals surface area contributed by atoms with Crippen LogP contribution in [0.1, 0.15) is 78.1 Å². The van der Waals surface area contributed by atoms with Crippen LogP contribution in [-0.4, -0.2) is 0 Å². The number of para-hydroxylation sites is 2. The third kappa shape index (κ3) is 9.80. The molecule has 2 heteroatoms. The summed E-state index contributed by atoms with van der Waals surface area (Å²) in [7, 11) is 0. The number of aryl methyl sites for hydroxylation is 1. The number of unbranched alkanes of at least 4 members (excludes halogenated alkanes) is 9. The molecule has 0 unspecified atom stereocenters. The summed E-state index contributed by atoms with van der Waals surface area (Å²) in [5, 5.41) is 0. The monoisotopic (exact) mass is 362 g/mol. The molecular formula is C24H35NaO. The van der Waals surface area contributed by atoms with Gasteiger partial charge < -0.3 is 6.16 Å². The first-order valence-corrected chi connectivity index (χ1v) is 10.2. The van der Waals surface area contributed by atoms with Crippen molar-refractivity contribution in [3.8, 4) is 11.5 Å². The van der Waals surface area contributed by atoms with E-state index >= 15 is 0 Å². The maximum absolute atomic E-state index is 6.05. The SMILES string of the molecule is CCCCCCCCCCCCc1ccccc1Oc1ccccc1.[H-].[Na+]. The van der Waals surface area contributed by atoms with Crippen LogP contribution in [0.15, 0.2) is 54.6 Å². The molecule has 0 saturated carbocycles. The van der Waals surface area contributed by atoms with Crippen LogP contribution in [0, 0.1) is 0 Å². The minimum atomic E-state index is 0. The molecule has 0 atom stereocenters. The van der Waals surface area contributed by atoms with Crippen LogP contribution in [-0.2, 0) is 6.42 Å². The van der Waals surface area contributed by atoms with Gasteiger partial charge in [-0.2, -0.15) is 0 Å². The van der Waals surface area contributed by atoms with E-state index in [2.05, 4.69) is 31.2 Å². The molecule has 2 aromatic rings. The van der Waals surface area contributed by atoms with E-state index in [1.54, 1.807) is 0 Å². The summed E-state index contributed by atoms with van der Waals surface area (Å²) in [6, 6.07) is 18.5. The van der Waals surface area contributed by atoms with Crippen LogP contribution in [0.25, 0.3) is 0 Å². The molecule has 0 aromatic heterocycles. The summed E-state index contributed by atoms with van der Waals surface area (Å²) in [4.78, 5) is 0. The van der Waals surface area contributed by atoms with Gasteiger partial charge in [0, 0.05) is 0 Å². The molecule has 26 heavy (non-hydrogen) atoms. The quantitative estimate of drug-likeness (QED) is 0.357. The Hall–Kier alpha value is -0.760. The molecule has 0 fully saturated rings. The van der Waals surface area contributed by atoms with E-state index in [0.29, 0.717) is 0 Å². The molecule has 0 aliphatic heterocycles. The van der Waals surface area contributed by atoms with Gasteiger partial charge in [0.15, 0.2) is 0 Å².